The van der Waals surface area contributed by atoms with Gasteiger partial charge in [-0.25, -0.2) is 13.4 Å². The molecular weight excluding hydrogens is 330 g/mol. The van der Waals surface area contributed by atoms with Crippen LogP contribution in [-0.2, 0) is 9.84 Å². The van der Waals surface area contributed by atoms with Crippen LogP contribution in [0.1, 0.15) is 23.2 Å². The van der Waals surface area contributed by atoms with E-state index in [1.165, 1.54) is 7.11 Å². The summed E-state index contributed by atoms with van der Waals surface area (Å²) in [5.74, 6) is 0.991. The Morgan fingerprint density at radius 1 is 1.21 bits per heavy atom. The van der Waals surface area contributed by atoms with Crippen LogP contribution in [0.25, 0.3) is 0 Å². The van der Waals surface area contributed by atoms with Crippen LogP contribution in [-0.4, -0.2) is 79.9 Å². The minimum atomic E-state index is -2.83. The van der Waals surface area contributed by atoms with Crippen LogP contribution in [0.5, 0.6) is 5.88 Å². The lowest BCUT2D eigenvalue weighted by Crippen LogP contribution is -2.53. The van der Waals surface area contributed by atoms with Gasteiger partial charge in [0.1, 0.15) is 9.84 Å². The molecule has 2 aliphatic heterocycles. The van der Waals surface area contributed by atoms with Crippen molar-refractivity contribution in [2.24, 2.45) is 0 Å². The van der Waals surface area contributed by atoms with Gasteiger partial charge in [0.15, 0.2) is 0 Å². The average molecular weight is 353 g/mol. The summed E-state index contributed by atoms with van der Waals surface area (Å²) in [7, 11) is -1.30. The van der Waals surface area contributed by atoms with Crippen LogP contribution in [0.2, 0.25) is 0 Å². The minimum Gasteiger partial charge on any atom is -0.481 e. The predicted molar refractivity (Wildman–Crippen MR) is 89.9 cm³/mol. The van der Waals surface area contributed by atoms with Crippen molar-refractivity contribution in [1.82, 2.24) is 14.8 Å². The SMILES string of the molecule is COc1cc(C(=O)N2CCN(C3CCS(=O)(=O)CC3)CC2)ccn1. The third-order valence-corrected chi connectivity index (χ3v) is 6.55. The number of hydrogen-bond acceptors (Lipinski definition) is 6. The summed E-state index contributed by atoms with van der Waals surface area (Å²) in [4.78, 5) is 20.8. The third-order valence-electron chi connectivity index (χ3n) is 4.83. The number of ether oxygens (including phenoxy) is 1. The lowest BCUT2D eigenvalue weighted by atomic mass is 10.1. The number of pyridine rings is 1. The van der Waals surface area contributed by atoms with E-state index in [0.29, 0.717) is 43.4 Å². The van der Waals surface area contributed by atoms with Crippen molar-refractivity contribution >= 4 is 15.7 Å². The second-order valence-electron chi connectivity index (χ2n) is 6.30. The van der Waals surface area contributed by atoms with Gasteiger partial charge in [-0.05, 0) is 18.9 Å². The number of carbonyl (C=O) groups excluding carboxylic acids is 1. The normalized spacial score (nSPS) is 22.3. The van der Waals surface area contributed by atoms with Gasteiger partial charge >= 0.3 is 0 Å². The van der Waals surface area contributed by atoms with Gasteiger partial charge in [0.2, 0.25) is 5.88 Å². The molecule has 1 aromatic heterocycles. The second kappa shape index (κ2) is 7.06. The molecule has 3 rings (SSSR count). The molecule has 0 unspecified atom stereocenters. The van der Waals surface area contributed by atoms with E-state index in [-0.39, 0.29) is 17.4 Å². The first-order valence-corrected chi connectivity index (χ1v) is 10.0. The van der Waals surface area contributed by atoms with Crippen molar-refractivity contribution in [3.8, 4) is 5.88 Å². The van der Waals surface area contributed by atoms with Crippen molar-refractivity contribution < 1.29 is 17.9 Å². The molecular formula is C16H23N3O4S. The average Bonchev–Trinajstić information content (AvgIpc) is 2.61. The molecule has 1 aromatic rings. The molecule has 24 heavy (non-hydrogen) atoms. The molecule has 7 nitrogen and oxygen atoms in total. The molecule has 0 bridgehead atoms. The summed E-state index contributed by atoms with van der Waals surface area (Å²) >= 11 is 0. The highest BCUT2D eigenvalue weighted by molar-refractivity contribution is 7.91. The van der Waals surface area contributed by atoms with Crippen LogP contribution in [0.4, 0.5) is 0 Å². The summed E-state index contributed by atoms with van der Waals surface area (Å²) in [6, 6.07) is 3.68. The smallest absolute Gasteiger partial charge is 0.254 e. The zero-order valence-electron chi connectivity index (χ0n) is 13.8. The Bertz CT molecular complexity index is 685. The number of nitrogens with zero attached hydrogens (tertiary/aromatic N) is 3. The van der Waals surface area contributed by atoms with Crippen molar-refractivity contribution in [1.29, 1.82) is 0 Å². The number of piperazine rings is 1. The number of sulfone groups is 1. The highest BCUT2D eigenvalue weighted by Crippen LogP contribution is 2.20. The van der Waals surface area contributed by atoms with Gasteiger partial charge in [0.05, 0.1) is 18.6 Å². The van der Waals surface area contributed by atoms with Gasteiger partial charge in [-0.15, -0.1) is 0 Å². The van der Waals surface area contributed by atoms with Crippen LogP contribution in [0, 0.1) is 0 Å². The zero-order valence-corrected chi connectivity index (χ0v) is 14.7. The lowest BCUT2D eigenvalue weighted by Gasteiger charge is -2.40. The molecule has 3 heterocycles. The molecule has 1 amide bonds. The second-order valence-corrected chi connectivity index (χ2v) is 8.60. The quantitative estimate of drug-likeness (QED) is 0.784. The fraction of sp³-hybridized carbons (Fsp3) is 0.625. The molecule has 0 saturated carbocycles. The molecule has 0 radical (unpaired) electrons. The number of carbonyl (C=O) groups is 1. The fourth-order valence-corrected chi connectivity index (χ4v) is 4.84. The van der Waals surface area contributed by atoms with E-state index < -0.39 is 9.84 Å². The maximum absolute atomic E-state index is 12.6. The van der Waals surface area contributed by atoms with Crippen molar-refractivity contribution in [2.75, 3.05) is 44.8 Å². The van der Waals surface area contributed by atoms with Crippen molar-refractivity contribution in [2.45, 2.75) is 18.9 Å². The van der Waals surface area contributed by atoms with Gasteiger partial charge in [0.25, 0.3) is 5.91 Å². The van der Waals surface area contributed by atoms with Crippen LogP contribution in [0.15, 0.2) is 18.3 Å². The van der Waals surface area contributed by atoms with Gasteiger partial charge in [0, 0.05) is 50.0 Å². The zero-order chi connectivity index (χ0) is 17.2. The first-order valence-electron chi connectivity index (χ1n) is 8.22. The number of hydrogen-bond donors (Lipinski definition) is 0. The highest BCUT2D eigenvalue weighted by atomic mass is 32.2. The molecule has 2 saturated heterocycles. The number of aromatic nitrogens is 1. The molecule has 0 atom stereocenters. The largest absolute Gasteiger partial charge is 0.481 e. The Morgan fingerprint density at radius 3 is 2.50 bits per heavy atom. The first kappa shape index (κ1) is 17.2. The molecule has 0 aliphatic carbocycles. The fourth-order valence-electron chi connectivity index (χ4n) is 3.37. The van der Waals surface area contributed by atoms with Crippen molar-refractivity contribution in [3.63, 3.8) is 0 Å². The molecule has 132 valence electrons. The summed E-state index contributed by atoms with van der Waals surface area (Å²) < 4.78 is 28.2. The summed E-state index contributed by atoms with van der Waals surface area (Å²) in [5, 5.41) is 0. The maximum Gasteiger partial charge on any atom is 0.254 e. The number of methoxy groups -OCH3 is 1. The highest BCUT2D eigenvalue weighted by Gasteiger charge is 2.31. The predicted octanol–water partition coefficient (Wildman–Crippen LogP) is 0.425. The summed E-state index contributed by atoms with van der Waals surface area (Å²) in [5.41, 5.74) is 0.582. The van der Waals surface area contributed by atoms with E-state index in [1.54, 1.807) is 18.3 Å². The molecule has 0 N–H and O–H groups in total. The monoisotopic (exact) mass is 353 g/mol. The Balaban J connectivity index is 1.56. The molecule has 8 heteroatoms. The molecule has 2 fully saturated rings. The molecule has 2 aliphatic rings. The van der Waals surface area contributed by atoms with E-state index in [2.05, 4.69) is 9.88 Å². The standard InChI is InChI=1S/C16H23N3O4S/c1-23-15-12-13(2-5-17-15)16(20)19-8-6-18(7-9-19)14-3-10-24(21,22)11-4-14/h2,5,12,14H,3-4,6-11H2,1H3. The molecule has 0 spiro atoms. The van der Waals surface area contributed by atoms with Gasteiger partial charge in [-0.1, -0.05) is 0 Å². The summed E-state index contributed by atoms with van der Waals surface area (Å²) in [6.45, 7) is 2.90. The Hall–Kier alpha value is -1.67. The van der Waals surface area contributed by atoms with Crippen LogP contribution in [0.3, 0.4) is 0 Å². The van der Waals surface area contributed by atoms with E-state index in [0.717, 1.165) is 13.1 Å². The van der Waals surface area contributed by atoms with Crippen LogP contribution >= 0.6 is 0 Å². The topological polar surface area (TPSA) is 79.8 Å². The van der Waals surface area contributed by atoms with Crippen molar-refractivity contribution in [3.05, 3.63) is 23.9 Å². The number of amides is 1. The van der Waals surface area contributed by atoms with E-state index in [9.17, 15) is 13.2 Å². The minimum absolute atomic E-state index is 0.0124. The van der Waals surface area contributed by atoms with E-state index >= 15 is 0 Å². The Morgan fingerprint density at radius 2 is 1.88 bits per heavy atom. The number of rotatable bonds is 3. The van der Waals surface area contributed by atoms with Crippen LogP contribution < -0.4 is 4.74 Å². The maximum atomic E-state index is 12.6. The third kappa shape index (κ3) is 3.87. The van der Waals surface area contributed by atoms with Gasteiger partial charge in [-0.2, -0.15) is 0 Å². The van der Waals surface area contributed by atoms with E-state index in [4.69, 9.17) is 4.74 Å². The first-order chi connectivity index (χ1) is 11.5. The summed E-state index contributed by atoms with van der Waals surface area (Å²) in [6.07, 6.45) is 2.99. The Kier molecular flexibility index (Phi) is 5.05. The van der Waals surface area contributed by atoms with E-state index in [1.807, 2.05) is 4.90 Å². The molecule has 0 aromatic carbocycles. The van der Waals surface area contributed by atoms with Gasteiger partial charge in [-0.3, -0.25) is 9.69 Å². The van der Waals surface area contributed by atoms with Gasteiger partial charge < -0.3 is 9.64 Å². The Labute approximate surface area is 142 Å². The lowest BCUT2D eigenvalue weighted by molar-refractivity contribution is 0.0557.